The number of nitrogens with one attached hydrogen (secondary N) is 1. The predicted molar refractivity (Wildman–Crippen MR) is 154 cm³/mol. The molecule has 6 nitrogen and oxygen atoms in total. The number of ketones is 1. The Morgan fingerprint density at radius 1 is 1.00 bits per heavy atom. The van der Waals surface area contributed by atoms with Gasteiger partial charge in [0, 0.05) is 23.9 Å². The van der Waals surface area contributed by atoms with Crippen molar-refractivity contribution in [2.75, 3.05) is 6.54 Å². The Hall–Kier alpha value is -2.79. The second kappa shape index (κ2) is 10.7. The van der Waals surface area contributed by atoms with Crippen molar-refractivity contribution < 1.29 is 30.8 Å². The molecule has 232 valence electrons. The van der Waals surface area contributed by atoms with Crippen LogP contribution in [0.25, 0.3) is 0 Å². The average Bonchev–Trinajstić information content (AvgIpc) is 3.33. The Kier molecular flexibility index (Phi) is 7.51. The molecule has 0 aromatic heterocycles. The number of carbonyl (C=O) groups excluding carboxylic acids is 1. The molecule has 1 heterocycles. The van der Waals surface area contributed by atoms with Crippen LogP contribution in [0.1, 0.15) is 82.3 Å². The number of halogens is 4. The van der Waals surface area contributed by atoms with Crippen molar-refractivity contribution in [2.24, 2.45) is 16.3 Å². The second-order valence-corrected chi connectivity index (χ2v) is 15.1. The first-order valence-electron chi connectivity index (χ1n) is 15.1. The van der Waals surface area contributed by atoms with E-state index in [2.05, 4.69) is 5.32 Å². The molecule has 0 radical (unpaired) electrons. The average molecular weight is 620 g/mol. The van der Waals surface area contributed by atoms with E-state index in [0.29, 0.717) is 43.7 Å². The lowest BCUT2D eigenvalue weighted by Crippen LogP contribution is -2.78. The van der Waals surface area contributed by atoms with Crippen LogP contribution in [0.4, 0.5) is 17.6 Å². The third-order valence-corrected chi connectivity index (χ3v) is 12.1. The van der Waals surface area contributed by atoms with Crippen LogP contribution >= 0.6 is 0 Å². The quantitative estimate of drug-likeness (QED) is 0.302. The van der Waals surface area contributed by atoms with Gasteiger partial charge in [-0.05, 0) is 80.5 Å². The summed E-state index contributed by atoms with van der Waals surface area (Å²) in [5, 5.41) is 3.42. The van der Waals surface area contributed by atoms with Crippen molar-refractivity contribution >= 4 is 21.6 Å². The van der Waals surface area contributed by atoms with Gasteiger partial charge >= 0.3 is 6.18 Å². The summed E-state index contributed by atoms with van der Waals surface area (Å²) in [6, 6.07) is 9.06. The number of carbonyl (C=O) groups is 1. The molecule has 4 aliphatic carbocycles. The van der Waals surface area contributed by atoms with Crippen molar-refractivity contribution in [1.29, 1.82) is 0 Å². The van der Waals surface area contributed by atoms with Crippen LogP contribution in [0.3, 0.4) is 0 Å². The van der Waals surface area contributed by atoms with E-state index < -0.39 is 38.7 Å². The van der Waals surface area contributed by atoms with E-state index >= 15 is 0 Å². The fraction of sp³-hybridized carbons (Fsp3) is 0.562. The van der Waals surface area contributed by atoms with Gasteiger partial charge in [0.25, 0.3) is 0 Å². The summed E-state index contributed by atoms with van der Waals surface area (Å²) in [5.41, 5.74) is -2.27. The van der Waals surface area contributed by atoms with E-state index in [1.165, 1.54) is 60.7 Å². The van der Waals surface area contributed by atoms with Gasteiger partial charge in [0.05, 0.1) is 17.0 Å². The molecule has 11 heteroatoms. The lowest BCUT2D eigenvalue weighted by Gasteiger charge is -2.73. The van der Waals surface area contributed by atoms with Crippen LogP contribution in [0, 0.1) is 17.2 Å². The molecule has 2 bridgehead atoms. The van der Waals surface area contributed by atoms with Gasteiger partial charge in [-0.1, -0.05) is 44.2 Å². The van der Waals surface area contributed by atoms with Crippen molar-refractivity contribution in [3.8, 4) is 0 Å². The molecule has 1 N–H and O–H groups in total. The van der Waals surface area contributed by atoms with Crippen LogP contribution in [-0.4, -0.2) is 42.0 Å². The molecule has 2 aromatic carbocycles. The van der Waals surface area contributed by atoms with Crippen LogP contribution in [0.2, 0.25) is 0 Å². The number of alkyl halides is 3. The van der Waals surface area contributed by atoms with Crippen LogP contribution in [0.5, 0.6) is 0 Å². The monoisotopic (exact) mass is 619 g/mol. The van der Waals surface area contributed by atoms with Gasteiger partial charge in [-0.25, -0.2) is 12.8 Å². The zero-order valence-electron chi connectivity index (χ0n) is 24.2. The van der Waals surface area contributed by atoms with Gasteiger partial charge in [-0.15, -0.1) is 0 Å². The minimum absolute atomic E-state index is 0.0768. The van der Waals surface area contributed by atoms with E-state index in [4.69, 9.17) is 4.99 Å². The number of hydrogen-bond donors (Lipinski definition) is 1. The van der Waals surface area contributed by atoms with Gasteiger partial charge in [-0.2, -0.15) is 17.5 Å². The summed E-state index contributed by atoms with van der Waals surface area (Å²) in [7, 11) is -4.11. The molecular formula is C32H37F4N3O3S. The molecule has 1 aliphatic heterocycles. The summed E-state index contributed by atoms with van der Waals surface area (Å²) >= 11 is 0. The molecule has 5 aliphatic rings. The van der Waals surface area contributed by atoms with Gasteiger partial charge in [0.15, 0.2) is 5.78 Å². The SMILES string of the molecule is C[C@]1(C(=O)CCC2CCCCC2)CN=C(C23CC(N(Cc4ccc(C(F)(F)F)cc4)S(=O)(=O)c4ccc(F)cc4)(C2)C3)N1. The first-order chi connectivity index (χ1) is 20.2. The Morgan fingerprint density at radius 3 is 2.23 bits per heavy atom. The number of rotatable bonds is 10. The van der Waals surface area contributed by atoms with Crippen LogP contribution in [0.15, 0.2) is 58.4 Å². The molecule has 4 fully saturated rings. The number of Topliss-reactive ketones (excluding diaryl/α,β-unsaturated/α-hetero) is 1. The second-order valence-electron chi connectivity index (χ2n) is 13.3. The number of amidine groups is 1. The fourth-order valence-corrected chi connectivity index (χ4v) is 9.34. The standard InChI is InChI=1S/C32H37F4N3O3S/c1-29(27(40)16-9-22-5-3-2-4-6-22)21-37-28(38-29)30-18-31(19-30,20-30)39(43(41,42)26-14-12-25(33)13-15-26)17-23-7-10-24(11-8-23)32(34,35)36/h7-8,10-15,22H,2-6,9,16-21H2,1H3,(H,37,38)/t29-,30?,31?/m1/s1. The molecule has 7 rings (SSSR count). The molecule has 0 amide bonds. The first-order valence-corrected chi connectivity index (χ1v) is 16.5. The molecule has 0 unspecified atom stereocenters. The number of nitrogens with zero attached hydrogens (tertiary/aromatic N) is 2. The van der Waals surface area contributed by atoms with E-state index in [1.54, 1.807) is 0 Å². The van der Waals surface area contributed by atoms with E-state index in [1.807, 2.05) is 6.92 Å². The zero-order valence-corrected chi connectivity index (χ0v) is 25.0. The topological polar surface area (TPSA) is 78.8 Å². The minimum Gasteiger partial charge on any atom is -0.360 e. The highest BCUT2D eigenvalue weighted by atomic mass is 32.2. The third kappa shape index (κ3) is 5.52. The number of aliphatic imine (C=N–C) groups is 1. The molecule has 1 atom stereocenters. The number of hydrogen-bond acceptors (Lipinski definition) is 5. The summed E-state index contributed by atoms with van der Waals surface area (Å²) in [4.78, 5) is 17.9. The van der Waals surface area contributed by atoms with E-state index in [9.17, 15) is 30.8 Å². The Labute approximate surface area is 250 Å². The fourth-order valence-electron chi connectivity index (χ4n) is 7.58. The number of sulfonamides is 1. The van der Waals surface area contributed by atoms with Gasteiger partial charge in [0.2, 0.25) is 10.0 Å². The van der Waals surface area contributed by atoms with Gasteiger partial charge in [0.1, 0.15) is 17.2 Å². The number of benzene rings is 2. The molecular weight excluding hydrogens is 582 g/mol. The maximum absolute atomic E-state index is 13.9. The highest BCUT2D eigenvalue weighted by molar-refractivity contribution is 7.89. The van der Waals surface area contributed by atoms with Crippen molar-refractivity contribution in [3.63, 3.8) is 0 Å². The normalized spacial score (nSPS) is 29.0. The Balaban J connectivity index is 1.17. The minimum atomic E-state index is -4.50. The van der Waals surface area contributed by atoms with E-state index in [-0.39, 0.29) is 22.6 Å². The Morgan fingerprint density at radius 2 is 1.63 bits per heavy atom. The molecule has 2 aromatic rings. The summed E-state index contributed by atoms with van der Waals surface area (Å²) in [5.74, 6) is 0.941. The first kappa shape index (κ1) is 30.2. The lowest BCUT2D eigenvalue weighted by molar-refractivity contribution is -0.151. The molecule has 43 heavy (non-hydrogen) atoms. The highest BCUT2D eigenvalue weighted by Gasteiger charge is 2.75. The van der Waals surface area contributed by atoms with E-state index in [0.717, 1.165) is 36.5 Å². The molecule has 0 saturated heterocycles. The van der Waals surface area contributed by atoms with Crippen LogP contribution < -0.4 is 5.32 Å². The van der Waals surface area contributed by atoms with Crippen molar-refractivity contribution in [1.82, 2.24) is 9.62 Å². The maximum atomic E-state index is 13.9. The van der Waals surface area contributed by atoms with Crippen molar-refractivity contribution in [3.05, 3.63) is 65.5 Å². The summed E-state index contributed by atoms with van der Waals surface area (Å²) in [6.07, 6.45) is 4.50. The van der Waals surface area contributed by atoms with Crippen LogP contribution in [-0.2, 0) is 27.5 Å². The summed E-state index contributed by atoms with van der Waals surface area (Å²) < 4.78 is 82.2. The highest BCUT2D eigenvalue weighted by Crippen LogP contribution is 2.71. The van der Waals surface area contributed by atoms with Gasteiger partial charge < -0.3 is 5.32 Å². The lowest BCUT2D eigenvalue weighted by atomic mass is 9.38. The third-order valence-electron chi connectivity index (χ3n) is 10.1. The molecule has 0 spiro atoms. The largest absolute Gasteiger partial charge is 0.416 e. The predicted octanol–water partition coefficient (Wildman–Crippen LogP) is 6.65. The smallest absolute Gasteiger partial charge is 0.360 e. The Bertz CT molecular complexity index is 1500. The summed E-state index contributed by atoms with van der Waals surface area (Å²) in [6.45, 7) is 2.12. The van der Waals surface area contributed by atoms with Gasteiger partial charge in [-0.3, -0.25) is 9.79 Å². The zero-order chi connectivity index (χ0) is 30.7. The van der Waals surface area contributed by atoms with Crippen molar-refractivity contribution in [2.45, 2.75) is 99.8 Å². The maximum Gasteiger partial charge on any atom is 0.416 e. The molecule has 4 saturated carbocycles.